The molecule has 7 heteroatoms. The molecule has 1 aliphatic rings. The number of ether oxygens (including phenoxy) is 1. The average molecular weight is 509 g/mol. The smallest absolute Gasteiger partial charge is 0.306 e. The van der Waals surface area contributed by atoms with E-state index in [2.05, 4.69) is 34.2 Å². The first-order valence-electron chi connectivity index (χ1n) is 12.6. The minimum Gasteiger partial charge on any atom is -0.470 e. The Morgan fingerprint density at radius 3 is 2.29 bits per heavy atom. The molecular formula is C31H26F2N4O. The van der Waals surface area contributed by atoms with E-state index in [0.29, 0.717) is 10.9 Å². The highest BCUT2D eigenvalue weighted by molar-refractivity contribution is 5.93. The Kier molecular flexibility index (Phi) is 6.08. The standard InChI is InChI=1S/C31H26F2N4O/c32-31(33,24-11-16-35-17-12-24)20-38-29-26-19-25(21-5-2-1-3-6-21)28(37-27(26)13-18-36-29)22-7-9-23(10-8-22)30(34)14-4-15-30/h1-3,5-13,16-19H,4,14-15,20,34H2. The quantitative estimate of drug-likeness (QED) is 0.260. The van der Waals surface area contributed by atoms with Crippen molar-refractivity contribution in [3.8, 4) is 28.3 Å². The van der Waals surface area contributed by atoms with Crippen LogP contribution in [0, 0.1) is 0 Å². The topological polar surface area (TPSA) is 73.9 Å². The van der Waals surface area contributed by atoms with E-state index >= 15 is 0 Å². The van der Waals surface area contributed by atoms with Crippen molar-refractivity contribution in [2.75, 3.05) is 6.61 Å². The van der Waals surface area contributed by atoms with Crippen LogP contribution < -0.4 is 10.5 Å². The Morgan fingerprint density at radius 1 is 0.868 bits per heavy atom. The number of hydrogen-bond acceptors (Lipinski definition) is 5. The SMILES string of the molecule is NC1(c2ccc(-c3nc4ccnc(OCC(F)(F)c5ccncc5)c4cc3-c3ccccc3)cc2)CCC1. The van der Waals surface area contributed by atoms with Crippen LogP contribution >= 0.6 is 0 Å². The van der Waals surface area contributed by atoms with Gasteiger partial charge in [0.05, 0.1) is 16.6 Å². The molecule has 0 amide bonds. The van der Waals surface area contributed by atoms with Crippen molar-refractivity contribution in [2.45, 2.75) is 30.7 Å². The van der Waals surface area contributed by atoms with E-state index < -0.39 is 12.5 Å². The third kappa shape index (κ3) is 4.50. The van der Waals surface area contributed by atoms with Crippen LogP contribution in [-0.2, 0) is 11.5 Å². The van der Waals surface area contributed by atoms with E-state index in [-0.39, 0.29) is 17.0 Å². The van der Waals surface area contributed by atoms with Gasteiger partial charge in [-0.05, 0) is 54.7 Å². The first-order chi connectivity index (χ1) is 18.4. The molecule has 38 heavy (non-hydrogen) atoms. The summed E-state index contributed by atoms with van der Waals surface area (Å²) in [6.45, 7) is -0.853. The van der Waals surface area contributed by atoms with Gasteiger partial charge in [0.15, 0.2) is 6.61 Å². The van der Waals surface area contributed by atoms with Gasteiger partial charge in [-0.25, -0.2) is 9.97 Å². The molecular weight excluding hydrogens is 482 g/mol. The lowest BCUT2D eigenvalue weighted by molar-refractivity contribution is -0.0474. The van der Waals surface area contributed by atoms with E-state index in [4.69, 9.17) is 15.5 Å². The molecule has 2 N–H and O–H groups in total. The van der Waals surface area contributed by atoms with Gasteiger partial charge in [0, 0.05) is 40.8 Å². The number of aromatic nitrogens is 3. The van der Waals surface area contributed by atoms with Crippen LogP contribution in [-0.4, -0.2) is 21.6 Å². The summed E-state index contributed by atoms with van der Waals surface area (Å²) >= 11 is 0. The van der Waals surface area contributed by atoms with Gasteiger partial charge in [0.1, 0.15) is 0 Å². The zero-order valence-electron chi connectivity index (χ0n) is 20.6. The van der Waals surface area contributed by atoms with Gasteiger partial charge in [0.25, 0.3) is 0 Å². The number of fused-ring (bicyclic) bond motifs is 1. The molecule has 3 aromatic heterocycles. The maximum atomic E-state index is 14.8. The lowest BCUT2D eigenvalue weighted by atomic mass is 9.72. The van der Waals surface area contributed by atoms with Gasteiger partial charge in [-0.3, -0.25) is 4.98 Å². The maximum Gasteiger partial charge on any atom is 0.306 e. The first-order valence-corrected chi connectivity index (χ1v) is 12.6. The van der Waals surface area contributed by atoms with Crippen LogP contribution in [0.2, 0.25) is 0 Å². The molecule has 1 saturated carbocycles. The fraction of sp³-hybridized carbons (Fsp3) is 0.194. The normalized spacial score (nSPS) is 14.7. The molecule has 2 aromatic carbocycles. The largest absolute Gasteiger partial charge is 0.470 e. The van der Waals surface area contributed by atoms with Crippen molar-refractivity contribution >= 4 is 10.9 Å². The van der Waals surface area contributed by atoms with Gasteiger partial charge in [-0.15, -0.1) is 0 Å². The highest BCUT2D eigenvalue weighted by Gasteiger charge is 2.34. The van der Waals surface area contributed by atoms with E-state index in [1.165, 1.54) is 30.7 Å². The van der Waals surface area contributed by atoms with Crippen molar-refractivity contribution in [1.29, 1.82) is 0 Å². The third-order valence-corrected chi connectivity index (χ3v) is 7.26. The lowest BCUT2D eigenvalue weighted by Crippen LogP contribution is -2.43. The van der Waals surface area contributed by atoms with Gasteiger partial charge in [-0.1, -0.05) is 54.6 Å². The van der Waals surface area contributed by atoms with Crippen molar-refractivity contribution in [3.63, 3.8) is 0 Å². The van der Waals surface area contributed by atoms with Crippen LogP contribution in [0.3, 0.4) is 0 Å². The Balaban J connectivity index is 1.41. The summed E-state index contributed by atoms with van der Waals surface area (Å²) < 4.78 is 35.2. The van der Waals surface area contributed by atoms with Gasteiger partial charge in [0.2, 0.25) is 5.88 Å². The van der Waals surface area contributed by atoms with E-state index in [1.807, 2.05) is 36.4 Å². The highest BCUT2D eigenvalue weighted by atomic mass is 19.3. The summed E-state index contributed by atoms with van der Waals surface area (Å²) in [4.78, 5) is 13.1. The van der Waals surface area contributed by atoms with E-state index in [9.17, 15) is 8.78 Å². The number of nitrogens with two attached hydrogens (primary N) is 1. The van der Waals surface area contributed by atoms with Crippen LogP contribution in [0.5, 0.6) is 5.88 Å². The van der Waals surface area contributed by atoms with E-state index in [1.54, 1.807) is 6.07 Å². The number of nitrogens with zero attached hydrogens (tertiary/aromatic N) is 3. The van der Waals surface area contributed by atoms with Crippen LogP contribution in [0.1, 0.15) is 30.4 Å². The van der Waals surface area contributed by atoms with Gasteiger partial charge < -0.3 is 10.5 Å². The third-order valence-electron chi connectivity index (χ3n) is 7.26. The Hall–Kier alpha value is -4.23. The number of halogens is 2. The molecule has 0 radical (unpaired) electrons. The second kappa shape index (κ2) is 9.58. The molecule has 0 bridgehead atoms. The fourth-order valence-electron chi connectivity index (χ4n) is 4.89. The monoisotopic (exact) mass is 508 g/mol. The summed E-state index contributed by atoms with van der Waals surface area (Å²) in [5.41, 5.74) is 11.4. The lowest BCUT2D eigenvalue weighted by Gasteiger charge is -2.38. The minimum absolute atomic E-state index is 0.109. The Morgan fingerprint density at radius 2 is 1.61 bits per heavy atom. The van der Waals surface area contributed by atoms with Gasteiger partial charge >= 0.3 is 5.92 Å². The van der Waals surface area contributed by atoms with Crippen molar-refractivity contribution in [2.24, 2.45) is 5.73 Å². The Labute approximate surface area is 219 Å². The number of hydrogen-bond donors (Lipinski definition) is 1. The molecule has 0 unspecified atom stereocenters. The maximum absolute atomic E-state index is 14.8. The molecule has 5 aromatic rings. The fourth-order valence-corrected chi connectivity index (χ4v) is 4.89. The molecule has 0 saturated heterocycles. The summed E-state index contributed by atoms with van der Waals surface area (Å²) in [5.74, 6) is -3.09. The first kappa shape index (κ1) is 24.1. The molecule has 190 valence electrons. The second-order valence-electron chi connectivity index (χ2n) is 9.75. The molecule has 0 spiro atoms. The average Bonchev–Trinajstić information content (AvgIpc) is 2.95. The predicted octanol–water partition coefficient (Wildman–Crippen LogP) is 6.87. The van der Waals surface area contributed by atoms with Crippen LogP contribution in [0.15, 0.2) is 97.5 Å². The molecule has 6 rings (SSSR count). The molecule has 1 aliphatic carbocycles. The van der Waals surface area contributed by atoms with Gasteiger partial charge in [-0.2, -0.15) is 8.78 Å². The number of rotatable bonds is 7. The van der Waals surface area contributed by atoms with Crippen molar-refractivity contribution < 1.29 is 13.5 Å². The van der Waals surface area contributed by atoms with Crippen LogP contribution in [0.25, 0.3) is 33.3 Å². The Bertz CT molecular complexity index is 1570. The molecule has 0 aliphatic heterocycles. The number of pyridine rings is 3. The highest BCUT2D eigenvalue weighted by Crippen LogP contribution is 2.41. The minimum atomic E-state index is -3.20. The molecule has 3 heterocycles. The predicted molar refractivity (Wildman–Crippen MR) is 144 cm³/mol. The molecule has 5 nitrogen and oxygen atoms in total. The van der Waals surface area contributed by atoms with Crippen LogP contribution in [0.4, 0.5) is 8.78 Å². The number of alkyl halides is 2. The van der Waals surface area contributed by atoms with Crippen molar-refractivity contribution in [3.05, 3.63) is 109 Å². The van der Waals surface area contributed by atoms with Crippen molar-refractivity contribution in [1.82, 2.24) is 15.0 Å². The number of benzene rings is 2. The summed E-state index contributed by atoms with van der Waals surface area (Å²) in [7, 11) is 0. The van der Waals surface area contributed by atoms with E-state index in [0.717, 1.165) is 47.2 Å². The second-order valence-corrected chi connectivity index (χ2v) is 9.75. The zero-order chi connectivity index (χ0) is 26.2. The summed E-state index contributed by atoms with van der Waals surface area (Å²) in [6, 6.07) is 24.4. The molecule has 0 atom stereocenters. The zero-order valence-corrected chi connectivity index (χ0v) is 20.6. The molecule has 1 fully saturated rings. The summed E-state index contributed by atoms with van der Waals surface area (Å²) in [5, 5.41) is 0.563. The summed E-state index contributed by atoms with van der Waals surface area (Å²) in [6.07, 6.45) is 7.33.